The fourth-order valence-electron chi connectivity index (χ4n) is 3.05. The molecule has 0 bridgehead atoms. The van der Waals surface area contributed by atoms with Crippen molar-refractivity contribution in [3.63, 3.8) is 0 Å². The number of carbonyl (C=O) groups excluding carboxylic acids is 1. The van der Waals surface area contributed by atoms with Gasteiger partial charge in [-0.1, -0.05) is 19.8 Å². The molecule has 1 fully saturated rings. The molecular weight excluding hydrogens is 306 g/mol. The molecule has 24 heavy (non-hydrogen) atoms. The van der Waals surface area contributed by atoms with Crippen molar-refractivity contribution >= 4 is 5.91 Å². The summed E-state index contributed by atoms with van der Waals surface area (Å²) in [5, 5.41) is 13.9. The van der Waals surface area contributed by atoms with Crippen LogP contribution in [0, 0.1) is 5.92 Å². The molecule has 0 aliphatic heterocycles. The van der Waals surface area contributed by atoms with Gasteiger partial charge in [0.2, 0.25) is 0 Å². The molecule has 7 heteroatoms. The molecule has 0 spiro atoms. The van der Waals surface area contributed by atoms with Crippen LogP contribution in [0.25, 0.3) is 5.69 Å². The minimum Gasteiger partial charge on any atom is -0.376 e. The summed E-state index contributed by atoms with van der Waals surface area (Å²) in [7, 11) is 0. The van der Waals surface area contributed by atoms with E-state index in [0.29, 0.717) is 30.7 Å². The highest BCUT2D eigenvalue weighted by atomic mass is 16.5. The highest BCUT2D eigenvalue weighted by molar-refractivity contribution is 5.94. The number of tetrazole rings is 1. The van der Waals surface area contributed by atoms with Crippen molar-refractivity contribution in [2.24, 2.45) is 5.92 Å². The quantitative estimate of drug-likeness (QED) is 0.820. The van der Waals surface area contributed by atoms with Gasteiger partial charge < -0.3 is 10.1 Å². The molecule has 1 aliphatic carbocycles. The smallest absolute Gasteiger partial charge is 0.251 e. The molecule has 0 radical (unpaired) electrons. The summed E-state index contributed by atoms with van der Waals surface area (Å²) in [4.78, 5) is 12.1. The molecule has 1 heterocycles. The van der Waals surface area contributed by atoms with E-state index in [1.54, 1.807) is 16.8 Å². The van der Waals surface area contributed by atoms with Crippen LogP contribution in [-0.4, -0.2) is 45.4 Å². The van der Waals surface area contributed by atoms with Crippen molar-refractivity contribution in [2.45, 2.75) is 38.7 Å². The van der Waals surface area contributed by atoms with Crippen LogP contribution in [0.15, 0.2) is 30.6 Å². The van der Waals surface area contributed by atoms with Crippen LogP contribution in [0.2, 0.25) is 0 Å². The largest absolute Gasteiger partial charge is 0.376 e. The van der Waals surface area contributed by atoms with Crippen molar-refractivity contribution < 1.29 is 9.53 Å². The Hall–Kier alpha value is -2.28. The molecule has 0 unspecified atom stereocenters. The minimum absolute atomic E-state index is 0.0986. The van der Waals surface area contributed by atoms with Gasteiger partial charge in [-0.3, -0.25) is 4.79 Å². The second kappa shape index (κ2) is 8.01. The molecule has 1 aromatic heterocycles. The summed E-state index contributed by atoms with van der Waals surface area (Å²) in [5.74, 6) is 0.520. The van der Waals surface area contributed by atoms with Crippen molar-refractivity contribution in [3.8, 4) is 5.69 Å². The number of rotatable bonds is 6. The van der Waals surface area contributed by atoms with Crippen LogP contribution in [-0.2, 0) is 4.74 Å². The molecular formula is C17H23N5O2. The molecule has 3 rings (SSSR count). The van der Waals surface area contributed by atoms with Gasteiger partial charge in [0.05, 0.1) is 18.4 Å². The van der Waals surface area contributed by atoms with Gasteiger partial charge in [-0.15, -0.1) is 5.10 Å². The van der Waals surface area contributed by atoms with E-state index in [0.717, 1.165) is 12.1 Å². The number of nitrogens with zero attached hydrogens (tertiary/aromatic N) is 4. The maximum Gasteiger partial charge on any atom is 0.251 e. The number of aromatic nitrogens is 4. The van der Waals surface area contributed by atoms with E-state index in [9.17, 15) is 4.79 Å². The number of hydrogen-bond acceptors (Lipinski definition) is 5. The van der Waals surface area contributed by atoms with E-state index in [1.165, 1.54) is 25.6 Å². The van der Waals surface area contributed by atoms with E-state index >= 15 is 0 Å². The predicted octanol–water partition coefficient (Wildman–Crippen LogP) is 1.99. The number of carbonyl (C=O) groups is 1. The van der Waals surface area contributed by atoms with Crippen LogP contribution >= 0.6 is 0 Å². The minimum atomic E-state index is -0.0986. The van der Waals surface area contributed by atoms with Gasteiger partial charge in [-0.05, 0) is 53.5 Å². The highest BCUT2D eigenvalue weighted by Crippen LogP contribution is 2.25. The molecule has 1 aliphatic rings. The lowest BCUT2D eigenvalue weighted by Crippen LogP contribution is -2.31. The Balaban J connectivity index is 1.43. The van der Waals surface area contributed by atoms with E-state index in [4.69, 9.17) is 4.74 Å². The van der Waals surface area contributed by atoms with Crippen LogP contribution in [0.5, 0.6) is 0 Å². The maximum atomic E-state index is 12.1. The molecule has 7 nitrogen and oxygen atoms in total. The predicted molar refractivity (Wildman–Crippen MR) is 88.9 cm³/mol. The van der Waals surface area contributed by atoms with Gasteiger partial charge in [-0.25, -0.2) is 4.68 Å². The van der Waals surface area contributed by atoms with Gasteiger partial charge in [0.1, 0.15) is 6.33 Å². The number of nitrogens with one attached hydrogen (secondary N) is 1. The van der Waals surface area contributed by atoms with Crippen LogP contribution in [0.1, 0.15) is 43.0 Å². The number of benzene rings is 1. The topological polar surface area (TPSA) is 81.9 Å². The molecule has 1 amide bonds. The molecule has 1 aromatic carbocycles. The Morgan fingerprint density at radius 2 is 2.08 bits per heavy atom. The number of hydrogen-bond donors (Lipinski definition) is 1. The first-order chi connectivity index (χ1) is 11.7. The van der Waals surface area contributed by atoms with E-state index in [2.05, 4.69) is 27.8 Å². The normalized spacial score (nSPS) is 20.7. The fourth-order valence-corrected chi connectivity index (χ4v) is 3.05. The Bertz CT molecular complexity index is 642. The first-order valence-electron chi connectivity index (χ1n) is 8.47. The van der Waals surface area contributed by atoms with Gasteiger partial charge in [0.25, 0.3) is 5.91 Å². The fraction of sp³-hybridized carbons (Fsp3) is 0.529. The van der Waals surface area contributed by atoms with Crippen LogP contribution < -0.4 is 5.32 Å². The summed E-state index contributed by atoms with van der Waals surface area (Å²) in [6.45, 7) is 3.33. The summed E-state index contributed by atoms with van der Waals surface area (Å²) in [6.07, 6.45) is 6.77. The molecule has 0 saturated heterocycles. The second-order valence-corrected chi connectivity index (χ2v) is 6.23. The molecule has 1 N–H and O–H groups in total. The first-order valence-corrected chi connectivity index (χ1v) is 8.47. The van der Waals surface area contributed by atoms with E-state index in [-0.39, 0.29) is 5.91 Å². The highest BCUT2D eigenvalue weighted by Gasteiger charge is 2.21. The monoisotopic (exact) mass is 329 g/mol. The molecule has 128 valence electrons. The van der Waals surface area contributed by atoms with Crippen molar-refractivity contribution in [1.29, 1.82) is 0 Å². The lowest BCUT2D eigenvalue weighted by Gasteiger charge is -2.28. The first kappa shape index (κ1) is 16.6. The van der Waals surface area contributed by atoms with Crippen LogP contribution in [0.4, 0.5) is 0 Å². The lowest BCUT2D eigenvalue weighted by molar-refractivity contribution is -0.00293. The van der Waals surface area contributed by atoms with Crippen LogP contribution in [0.3, 0.4) is 0 Å². The lowest BCUT2D eigenvalue weighted by atomic mass is 9.88. The standard InChI is InChI=1S/C17H23N5O2/c1-13-4-2-3-5-16(13)24-11-10-18-17(23)14-6-8-15(9-7-14)22-12-19-20-21-22/h6-9,12-13,16H,2-5,10-11H2,1H3,(H,18,23)/t13-,16-/m0/s1. The van der Waals surface area contributed by atoms with Gasteiger partial charge in [0.15, 0.2) is 0 Å². The number of amides is 1. The third-order valence-corrected chi connectivity index (χ3v) is 4.50. The van der Waals surface area contributed by atoms with Crippen molar-refractivity contribution in [1.82, 2.24) is 25.5 Å². The average Bonchev–Trinajstić information content (AvgIpc) is 3.15. The third kappa shape index (κ3) is 4.17. The van der Waals surface area contributed by atoms with Crippen molar-refractivity contribution in [2.75, 3.05) is 13.2 Å². The van der Waals surface area contributed by atoms with Crippen molar-refractivity contribution in [3.05, 3.63) is 36.2 Å². The Morgan fingerprint density at radius 3 is 2.79 bits per heavy atom. The summed E-state index contributed by atoms with van der Waals surface area (Å²) in [5.41, 5.74) is 1.42. The summed E-state index contributed by atoms with van der Waals surface area (Å²) < 4.78 is 7.45. The Labute approximate surface area is 141 Å². The average molecular weight is 329 g/mol. The zero-order valence-electron chi connectivity index (χ0n) is 13.9. The maximum absolute atomic E-state index is 12.1. The van der Waals surface area contributed by atoms with Gasteiger partial charge in [-0.2, -0.15) is 0 Å². The van der Waals surface area contributed by atoms with E-state index < -0.39 is 0 Å². The Kier molecular flexibility index (Phi) is 5.53. The molecule has 1 saturated carbocycles. The molecule has 2 atom stereocenters. The Morgan fingerprint density at radius 1 is 1.29 bits per heavy atom. The van der Waals surface area contributed by atoms with Gasteiger partial charge in [0, 0.05) is 12.1 Å². The molecule has 2 aromatic rings. The van der Waals surface area contributed by atoms with E-state index in [1.807, 2.05) is 12.1 Å². The summed E-state index contributed by atoms with van der Waals surface area (Å²) in [6, 6.07) is 7.14. The summed E-state index contributed by atoms with van der Waals surface area (Å²) >= 11 is 0. The second-order valence-electron chi connectivity index (χ2n) is 6.23. The zero-order valence-corrected chi connectivity index (χ0v) is 13.9. The third-order valence-electron chi connectivity index (χ3n) is 4.50. The number of ether oxygens (including phenoxy) is 1. The zero-order chi connectivity index (χ0) is 16.8. The SMILES string of the molecule is C[C@H]1CCCC[C@@H]1OCCNC(=O)c1ccc(-n2cnnn2)cc1. The van der Waals surface area contributed by atoms with Gasteiger partial charge >= 0.3 is 0 Å².